The van der Waals surface area contributed by atoms with Crippen molar-refractivity contribution in [3.05, 3.63) is 59.7 Å². The highest BCUT2D eigenvalue weighted by Crippen LogP contribution is 2.49. The topological polar surface area (TPSA) is 52.3 Å². The lowest BCUT2D eigenvalue weighted by Gasteiger charge is -2.15. The van der Waals surface area contributed by atoms with Gasteiger partial charge in [0.1, 0.15) is 11.5 Å². The average molecular weight is 281 g/mol. The number of ether oxygens (including phenoxy) is 1. The highest BCUT2D eigenvalue weighted by atomic mass is 16.5. The minimum atomic E-state index is -0.295. The average Bonchev–Trinajstić information content (AvgIpc) is 3.30. The zero-order valence-corrected chi connectivity index (χ0v) is 12.1. The van der Waals surface area contributed by atoms with Crippen LogP contribution in [0.5, 0.6) is 5.75 Å². The number of anilines is 1. The van der Waals surface area contributed by atoms with Gasteiger partial charge in [0.25, 0.3) is 0 Å². The number of benzene rings is 2. The van der Waals surface area contributed by atoms with E-state index < -0.39 is 0 Å². The van der Waals surface area contributed by atoms with Crippen LogP contribution in [0.3, 0.4) is 0 Å². The largest absolute Gasteiger partial charge is 0.497 e. The summed E-state index contributed by atoms with van der Waals surface area (Å²) in [6.07, 6.45) is 2.31. The number of carbonyl (C=O) groups is 1. The molecule has 2 aromatic rings. The number of hydrogen-bond donors (Lipinski definition) is 1. The van der Waals surface area contributed by atoms with Crippen molar-refractivity contribution in [2.45, 2.75) is 24.7 Å². The highest BCUT2D eigenvalue weighted by molar-refractivity contribution is 5.94. The van der Waals surface area contributed by atoms with Gasteiger partial charge in [0.15, 0.2) is 0 Å². The summed E-state index contributed by atoms with van der Waals surface area (Å²) in [5.41, 5.74) is 8.25. The van der Waals surface area contributed by atoms with Crippen molar-refractivity contribution in [1.29, 1.82) is 0 Å². The third-order valence-electron chi connectivity index (χ3n) is 4.25. The maximum absolute atomic E-state index is 12.7. The quantitative estimate of drug-likeness (QED) is 0.857. The monoisotopic (exact) mass is 281 g/mol. The van der Waals surface area contributed by atoms with Crippen LogP contribution in [0.25, 0.3) is 0 Å². The molecule has 1 fully saturated rings. The SMILES string of the molecule is COc1cccc(CC(=O)C2(c3ccc(N)cc3)CC2)c1. The van der Waals surface area contributed by atoms with E-state index in [1.165, 1.54) is 0 Å². The molecule has 0 amide bonds. The van der Waals surface area contributed by atoms with Gasteiger partial charge in [-0.3, -0.25) is 4.79 Å². The first-order chi connectivity index (χ1) is 10.1. The zero-order valence-electron chi connectivity index (χ0n) is 12.1. The molecule has 0 atom stereocenters. The smallest absolute Gasteiger partial charge is 0.147 e. The third kappa shape index (κ3) is 2.64. The summed E-state index contributed by atoms with van der Waals surface area (Å²) in [4.78, 5) is 12.7. The molecule has 3 rings (SSSR count). The van der Waals surface area contributed by atoms with E-state index in [2.05, 4.69) is 0 Å². The van der Waals surface area contributed by atoms with Gasteiger partial charge in [0, 0.05) is 12.1 Å². The maximum Gasteiger partial charge on any atom is 0.147 e. The Kier molecular flexibility index (Phi) is 3.42. The Labute approximate surface area is 124 Å². The summed E-state index contributed by atoms with van der Waals surface area (Å²) in [7, 11) is 1.64. The van der Waals surface area contributed by atoms with E-state index in [-0.39, 0.29) is 11.2 Å². The highest BCUT2D eigenvalue weighted by Gasteiger charge is 2.50. The first-order valence-corrected chi connectivity index (χ1v) is 7.16. The first-order valence-electron chi connectivity index (χ1n) is 7.16. The van der Waals surface area contributed by atoms with Crippen molar-refractivity contribution in [3.8, 4) is 5.75 Å². The number of methoxy groups -OCH3 is 1. The van der Waals surface area contributed by atoms with Crippen molar-refractivity contribution >= 4 is 11.5 Å². The second-order valence-corrected chi connectivity index (χ2v) is 5.66. The summed E-state index contributed by atoms with van der Waals surface area (Å²) in [5, 5.41) is 0. The number of ketones is 1. The van der Waals surface area contributed by atoms with E-state index in [4.69, 9.17) is 10.5 Å². The van der Waals surface area contributed by atoms with Crippen molar-refractivity contribution < 1.29 is 9.53 Å². The van der Waals surface area contributed by atoms with Crippen molar-refractivity contribution in [3.63, 3.8) is 0 Å². The molecule has 0 aliphatic heterocycles. The van der Waals surface area contributed by atoms with Crippen molar-refractivity contribution in [1.82, 2.24) is 0 Å². The van der Waals surface area contributed by atoms with E-state index in [0.717, 1.165) is 35.4 Å². The lowest BCUT2D eigenvalue weighted by atomic mass is 9.88. The van der Waals surface area contributed by atoms with Crippen LogP contribution < -0.4 is 10.5 Å². The molecule has 2 N–H and O–H groups in total. The van der Waals surface area contributed by atoms with Gasteiger partial charge in [-0.15, -0.1) is 0 Å². The Morgan fingerprint density at radius 1 is 1.19 bits per heavy atom. The molecule has 0 spiro atoms. The van der Waals surface area contributed by atoms with Crippen LogP contribution in [-0.2, 0) is 16.6 Å². The normalized spacial score (nSPS) is 15.5. The number of nitrogens with two attached hydrogens (primary N) is 1. The molecule has 0 unspecified atom stereocenters. The summed E-state index contributed by atoms with van der Waals surface area (Å²) >= 11 is 0. The van der Waals surface area contributed by atoms with Gasteiger partial charge < -0.3 is 10.5 Å². The summed E-state index contributed by atoms with van der Waals surface area (Å²) in [6.45, 7) is 0. The van der Waals surface area contributed by atoms with Gasteiger partial charge in [-0.2, -0.15) is 0 Å². The van der Waals surface area contributed by atoms with E-state index in [1.54, 1.807) is 7.11 Å². The van der Waals surface area contributed by atoms with Crippen molar-refractivity contribution in [2.24, 2.45) is 0 Å². The fraction of sp³-hybridized carbons (Fsp3) is 0.278. The molecule has 2 aromatic carbocycles. The Balaban J connectivity index is 1.80. The molecule has 108 valence electrons. The molecule has 0 heterocycles. The van der Waals surface area contributed by atoms with Crippen LogP contribution in [0.1, 0.15) is 24.0 Å². The van der Waals surface area contributed by atoms with E-state index in [9.17, 15) is 4.79 Å². The Morgan fingerprint density at radius 3 is 2.52 bits per heavy atom. The first kappa shape index (κ1) is 13.7. The van der Waals surface area contributed by atoms with Crippen LogP contribution >= 0.6 is 0 Å². The van der Waals surface area contributed by atoms with E-state index in [0.29, 0.717) is 6.42 Å². The minimum absolute atomic E-state index is 0.278. The van der Waals surface area contributed by atoms with Crippen LogP contribution in [0.2, 0.25) is 0 Å². The predicted molar refractivity (Wildman–Crippen MR) is 83.5 cm³/mol. The number of nitrogen functional groups attached to an aromatic ring is 1. The second kappa shape index (κ2) is 5.24. The molecule has 0 bridgehead atoms. The molecule has 21 heavy (non-hydrogen) atoms. The molecule has 0 aromatic heterocycles. The van der Waals surface area contributed by atoms with Gasteiger partial charge in [-0.1, -0.05) is 24.3 Å². The van der Waals surface area contributed by atoms with Gasteiger partial charge in [-0.25, -0.2) is 0 Å². The third-order valence-corrected chi connectivity index (χ3v) is 4.25. The van der Waals surface area contributed by atoms with Crippen molar-refractivity contribution in [2.75, 3.05) is 12.8 Å². The number of carbonyl (C=O) groups excluding carboxylic acids is 1. The van der Waals surface area contributed by atoms with E-state index in [1.807, 2.05) is 48.5 Å². The molecular weight excluding hydrogens is 262 g/mol. The molecule has 0 radical (unpaired) electrons. The number of hydrogen-bond acceptors (Lipinski definition) is 3. The number of rotatable bonds is 5. The summed E-state index contributed by atoms with van der Waals surface area (Å²) < 4.78 is 5.21. The lowest BCUT2D eigenvalue weighted by Crippen LogP contribution is -2.22. The molecule has 1 saturated carbocycles. The molecule has 3 heteroatoms. The fourth-order valence-corrected chi connectivity index (χ4v) is 2.79. The predicted octanol–water partition coefficient (Wildman–Crippen LogP) is 3.12. The molecule has 1 aliphatic carbocycles. The molecule has 1 aliphatic rings. The van der Waals surface area contributed by atoms with E-state index >= 15 is 0 Å². The van der Waals surface area contributed by atoms with Crippen LogP contribution in [0, 0.1) is 0 Å². The fourth-order valence-electron chi connectivity index (χ4n) is 2.79. The standard InChI is InChI=1S/C18H19NO2/c1-21-16-4-2-3-13(11-16)12-17(20)18(9-10-18)14-5-7-15(19)8-6-14/h2-8,11H,9-10,12,19H2,1H3. The van der Waals surface area contributed by atoms with Crippen LogP contribution in [-0.4, -0.2) is 12.9 Å². The van der Waals surface area contributed by atoms with Crippen LogP contribution in [0.15, 0.2) is 48.5 Å². The Morgan fingerprint density at radius 2 is 1.90 bits per heavy atom. The van der Waals surface area contributed by atoms with Gasteiger partial charge in [0.2, 0.25) is 0 Å². The van der Waals surface area contributed by atoms with Crippen LogP contribution in [0.4, 0.5) is 5.69 Å². The van der Waals surface area contributed by atoms with Gasteiger partial charge >= 0.3 is 0 Å². The van der Waals surface area contributed by atoms with Gasteiger partial charge in [-0.05, 0) is 48.2 Å². The minimum Gasteiger partial charge on any atom is -0.497 e. The molecule has 3 nitrogen and oxygen atoms in total. The Bertz CT molecular complexity index is 657. The van der Waals surface area contributed by atoms with Gasteiger partial charge in [0.05, 0.1) is 12.5 Å². The number of Topliss-reactive ketones (excluding diaryl/α,β-unsaturated/α-hetero) is 1. The molecular formula is C18H19NO2. The maximum atomic E-state index is 12.7. The lowest BCUT2D eigenvalue weighted by molar-refractivity contribution is -0.120. The zero-order chi connectivity index (χ0) is 14.9. The second-order valence-electron chi connectivity index (χ2n) is 5.66. The molecule has 0 saturated heterocycles. The Hall–Kier alpha value is -2.29. The summed E-state index contributed by atoms with van der Waals surface area (Å²) in [6, 6.07) is 15.4. The summed E-state index contributed by atoms with van der Waals surface area (Å²) in [5.74, 6) is 1.07.